The average molecular weight is 309 g/mol. The maximum Gasteiger partial charge on any atom is 0.270 e. The van der Waals surface area contributed by atoms with Gasteiger partial charge in [0.15, 0.2) is 11.5 Å². The third kappa shape index (κ3) is 2.63. The van der Waals surface area contributed by atoms with Crippen LogP contribution in [0.5, 0.6) is 11.5 Å². The highest BCUT2D eigenvalue weighted by molar-refractivity contribution is 7.91. The zero-order chi connectivity index (χ0) is 14.0. The van der Waals surface area contributed by atoms with Gasteiger partial charge < -0.3 is 9.47 Å². The van der Waals surface area contributed by atoms with Crippen LogP contribution < -0.4 is 14.2 Å². The molecule has 0 saturated carbocycles. The summed E-state index contributed by atoms with van der Waals surface area (Å²) in [6.45, 7) is 0.216. The molecule has 1 aromatic heterocycles. The van der Waals surface area contributed by atoms with Crippen molar-refractivity contribution in [3.05, 3.63) is 47.5 Å². The Morgan fingerprint density at radius 2 is 2.05 bits per heavy atom. The highest BCUT2D eigenvalue weighted by Crippen LogP contribution is 2.32. The van der Waals surface area contributed by atoms with Crippen LogP contribution in [-0.2, 0) is 10.0 Å². The zero-order valence-electron chi connectivity index (χ0n) is 10.3. The van der Waals surface area contributed by atoms with Crippen molar-refractivity contribution in [2.24, 2.45) is 0 Å². The van der Waals surface area contributed by atoms with Crippen molar-refractivity contribution in [3.8, 4) is 11.5 Å². The Morgan fingerprint density at radius 3 is 2.85 bits per heavy atom. The molecular weight excluding hydrogens is 298 g/mol. The van der Waals surface area contributed by atoms with Crippen molar-refractivity contribution in [2.75, 3.05) is 6.79 Å². The van der Waals surface area contributed by atoms with E-state index in [-0.39, 0.29) is 11.0 Å². The van der Waals surface area contributed by atoms with Gasteiger partial charge in [-0.1, -0.05) is 12.1 Å². The van der Waals surface area contributed by atoms with Gasteiger partial charge in [0, 0.05) is 6.20 Å². The van der Waals surface area contributed by atoms with Gasteiger partial charge in [0.2, 0.25) is 6.79 Å². The molecule has 0 aliphatic carbocycles. The van der Waals surface area contributed by atoms with E-state index in [0.717, 1.165) is 5.56 Å². The van der Waals surface area contributed by atoms with Crippen LogP contribution in [-0.4, -0.2) is 15.2 Å². The first-order chi connectivity index (χ1) is 9.65. The molecule has 2 heterocycles. The Kier molecular flexibility index (Phi) is 3.37. The molecule has 1 N–H and O–H groups in total. The predicted molar refractivity (Wildman–Crippen MR) is 76.2 cm³/mol. The van der Waals surface area contributed by atoms with Gasteiger partial charge in [0.05, 0.1) is 0 Å². The van der Waals surface area contributed by atoms with Crippen LogP contribution in [0.4, 0.5) is 0 Å². The Labute approximate surface area is 120 Å². The number of benzene rings is 1. The third-order valence-corrected chi connectivity index (χ3v) is 5.38. The summed E-state index contributed by atoms with van der Waals surface area (Å²) in [4.78, 5) is 0. The Morgan fingerprint density at radius 1 is 1.20 bits per heavy atom. The monoisotopic (exact) mass is 309 g/mol. The van der Waals surface area contributed by atoms with Gasteiger partial charge in [-0.15, -0.1) is 11.3 Å². The normalized spacial score (nSPS) is 13.8. The molecule has 2 aromatic rings. The summed E-state index contributed by atoms with van der Waals surface area (Å²) >= 11 is 1.17. The molecule has 0 unspecified atom stereocenters. The van der Waals surface area contributed by atoms with Crippen LogP contribution in [0.25, 0.3) is 6.08 Å². The molecule has 104 valence electrons. The second kappa shape index (κ2) is 5.18. The molecule has 0 amide bonds. The summed E-state index contributed by atoms with van der Waals surface area (Å²) in [6.07, 6.45) is 3.06. The average Bonchev–Trinajstić information content (AvgIpc) is 3.09. The number of thiophene rings is 1. The van der Waals surface area contributed by atoms with Crippen LogP contribution in [0.2, 0.25) is 0 Å². The van der Waals surface area contributed by atoms with E-state index >= 15 is 0 Å². The van der Waals surface area contributed by atoms with E-state index in [1.165, 1.54) is 17.5 Å². The molecule has 0 spiro atoms. The molecule has 5 nitrogen and oxygen atoms in total. The van der Waals surface area contributed by atoms with Gasteiger partial charge in [0.1, 0.15) is 4.21 Å². The number of rotatable bonds is 4. The van der Waals surface area contributed by atoms with Gasteiger partial charge in [-0.2, -0.15) is 0 Å². The van der Waals surface area contributed by atoms with E-state index in [4.69, 9.17) is 9.47 Å². The molecule has 0 bridgehead atoms. The Hall–Kier alpha value is -1.99. The summed E-state index contributed by atoms with van der Waals surface area (Å²) in [5.41, 5.74) is 0.822. The third-order valence-electron chi connectivity index (χ3n) is 2.66. The molecule has 1 aromatic carbocycles. The molecular formula is C13H11NO4S2. The van der Waals surface area contributed by atoms with Crippen molar-refractivity contribution in [1.29, 1.82) is 0 Å². The van der Waals surface area contributed by atoms with Crippen LogP contribution in [0.3, 0.4) is 0 Å². The lowest BCUT2D eigenvalue weighted by Gasteiger charge is -2.01. The zero-order valence-corrected chi connectivity index (χ0v) is 11.9. The minimum atomic E-state index is -3.47. The minimum Gasteiger partial charge on any atom is -0.454 e. The summed E-state index contributed by atoms with van der Waals surface area (Å²) < 4.78 is 36.9. The first-order valence-corrected chi connectivity index (χ1v) is 8.13. The molecule has 20 heavy (non-hydrogen) atoms. The van der Waals surface area contributed by atoms with Crippen molar-refractivity contribution in [2.45, 2.75) is 4.21 Å². The van der Waals surface area contributed by atoms with Crippen molar-refractivity contribution >= 4 is 27.4 Å². The first-order valence-electron chi connectivity index (χ1n) is 5.77. The van der Waals surface area contributed by atoms with Gasteiger partial charge in [-0.3, -0.25) is 4.72 Å². The molecule has 0 fully saturated rings. The Balaban J connectivity index is 1.72. The largest absolute Gasteiger partial charge is 0.454 e. The lowest BCUT2D eigenvalue weighted by atomic mass is 10.2. The van der Waals surface area contributed by atoms with Gasteiger partial charge in [-0.05, 0) is 35.2 Å². The molecule has 1 aliphatic rings. The van der Waals surface area contributed by atoms with E-state index in [1.807, 2.05) is 6.07 Å². The smallest absolute Gasteiger partial charge is 0.270 e. The fourth-order valence-electron chi connectivity index (χ4n) is 1.71. The SMILES string of the molecule is O=S(=O)(N/C=C/c1ccc2c(c1)OCO2)c1cccs1. The second-order valence-corrected chi connectivity index (χ2v) is 6.89. The Bertz CT molecular complexity index is 736. The predicted octanol–water partition coefficient (Wildman–Crippen LogP) is 2.43. The lowest BCUT2D eigenvalue weighted by Crippen LogP contribution is -2.16. The number of hydrogen-bond donors (Lipinski definition) is 1. The lowest BCUT2D eigenvalue weighted by molar-refractivity contribution is 0.174. The first kappa shape index (κ1) is 13.0. The fraction of sp³-hybridized carbons (Fsp3) is 0.0769. The van der Waals surface area contributed by atoms with Crippen molar-refractivity contribution < 1.29 is 17.9 Å². The number of fused-ring (bicyclic) bond motifs is 1. The van der Waals surface area contributed by atoms with Gasteiger partial charge in [-0.25, -0.2) is 8.42 Å². The second-order valence-electron chi connectivity index (χ2n) is 4.00. The van der Waals surface area contributed by atoms with Crippen LogP contribution >= 0.6 is 11.3 Å². The van der Waals surface area contributed by atoms with Crippen molar-refractivity contribution in [3.63, 3.8) is 0 Å². The van der Waals surface area contributed by atoms with Crippen LogP contribution in [0.1, 0.15) is 5.56 Å². The molecule has 0 radical (unpaired) electrons. The van der Waals surface area contributed by atoms with Gasteiger partial charge in [0.25, 0.3) is 10.0 Å². The highest BCUT2D eigenvalue weighted by Gasteiger charge is 2.13. The van der Waals surface area contributed by atoms with E-state index in [0.29, 0.717) is 11.5 Å². The standard InChI is InChI=1S/C13H11NO4S2/c15-20(16,13-2-1-7-19-13)14-6-5-10-3-4-11-12(8-10)18-9-17-11/h1-8,14H,9H2/b6-5+. The fourth-order valence-corrected chi connectivity index (χ4v) is 3.60. The topological polar surface area (TPSA) is 64.6 Å². The number of hydrogen-bond acceptors (Lipinski definition) is 5. The summed E-state index contributed by atoms with van der Waals surface area (Å²) in [5, 5.41) is 1.72. The van der Waals surface area contributed by atoms with E-state index in [2.05, 4.69) is 4.72 Å². The molecule has 0 saturated heterocycles. The number of nitrogens with one attached hydrogen (secondary N) is 1. The highest BCUT2D eigenvalue weighted by atomic mass is 32.2. The van der Waals surface area contributed by atoms with Crippen LogP contribution in [0, 0.1) is 0 Å². The molecule has 0 atom stereocenters. The van der Waals surface area contributed by atoms with Crippen molar-refractivity contribution in [1.82, 2.24) is 4.72 Å². The molecule has 7 heteroatoms. The van der Waals surface area contributed by atoms with E-state index in [1.54, 1.807) is 35.7 Å². The quantitative estimate of drug-likeness (QED) is 0.942. The molecule has 1 aliphatic heterocycles. The van der Waals surface area contributed by atoms with Gasteiger partial charge >= 0.3 is 0 Å². The summed E-state index contributed by atoms with van der Waals surface area (Å²) in [7, 11) is -3.47. The van der Waals surface area contributed by atoms with Crippen LogP contribution in [0.15, 0.2) is 46.1 Å². The summed E-state index contributed by atoms with van der Waals surface area (Å²) in [6, 6.07) is 8.65. The maximum absolute atomic E-state index is 11.9. The number of sulfonamides is 1. The minimum absolute atomic E-state index is 0.216. The number of ether oxygens (including phenoxy) is 2. The van der Waals surface area contributed by atoms with E-state index in [9.17, 15) is 8.42 Å². The maximum atomic E-state index is 11.9. The summed E-state index contributed by atoms with van der Waals surface area (Å²) in [5.74, 6) is 1.36. The molecule has 3 rings (SSSR count). The van der Waals surface area contributed by atoms with E-state index < -0.39 is 10.0 Å².